The Morgan fingerprint density at radius 2 is 1.36 bits per heavy atom. The van der Waals surface area contributed by atoms with E-state index in [1.165, 1.54) is 30.9 Å². The molecule has 2 aromatic heterocycles. The first kappa shape index (κ1) is 19.5. The predicted octanol–water partition coefficient (Wildman–Crippen LogP) is 7.73. The molecule has 0 fully saturated rings. The molecule has 140 valence electrons. The number of benzene rings is 2. The Hall–Kier alpha value is -1.83. The highest BCUT2D eigenvalue weighted by Crippen LogP contribution is 2.36. The van der Waals surface area contributed by atoms with Gasteiger partial charge in [-0.3, -0.25) is 0 Å². The van der Waals surface area contributed by atoms with Crippen LogP contribution in [0.1, 0.15) is 10.4 Å². The summed E-state index contributed by atoms with van der Waals surface area (Å²) in [4.78, 5) is 1.14. The lowest BCUT2D eigenvalue weighted by Gasteiger charge is -2.04. The van der Waals surface area contributed by atoms with Crippen molar-refractivity contribution in [1.29, 1.82) is 0 Å². The fraction of sp³-hybridized carbons (Fsp3) is 0.250. The molecule has 0 saturated carbocycles. The highest BCUT2D eigenvalue weighted by molar-refractivity contribution is 7.20. The number of hydrogen-bond acceptors (Lipinski definition) is 2. The number of rotatable bonds is 0. The van der Waals surface area contributed by atoms with Crippen molar-refractivity contribution in [3.05, 3.63) is 46.2 Å². The maximum Gasteiger partial charge on any atom is 0.129 e. The third-order valence-electron chi connectivity index (χ3n) is 4.33. The van der Waals surface area contributed by atoms with Crippen molar-refractivity contribution in [2.75, 3.05) is 0 Å². The third-order valence-corrected chi connectivity index (χ3v) is 8.03. The molecule has 0 radical (unpaired) electrons. The Morgan fingerprint density at radius 1 is 0.714 bits per heavy atom. The lowest BCUT2D eigenvalue weighted by molar-refractivity contribution is 1.78. The normalized spacial score (nSPS) is 12.1. The van der Waals surface area contributed by atoms with Gasteiger partial charge >= 0.3 is 0 Å². The Labute approximate surface area is 177 Å². The average Bonchev–Trinajstić information content (AvgIpc) is 3.16. The summed E-state index contributed by atoms with van der Waals surface area (Å²) >= 11 is 3.61. The Morgan fingerprint density at radius 3 is 2.07 bits per heavy atom. The summed E-state index contributed by atoms with van der Waals surface area (Å²) in [5.41, 5.74) is 8.25. The van der Waals surface area contributed by atoms with Gasteiger partial charge in [0.2, 0.25) is 0 Å². The van der Waals surface area contributed by atoms with Crippen molar-refractivity contribution in [3.8, 4) is 22.9 Å². The van der Waals surface area contributed by atoms with Crippen LogP contribution < -0.4 is 0 Å². The molecule has 0 nitrogen and oxygen atoms in total. The summed E-state index contributed by atoms with van der Waals surface area (Å²) in [5, 5.41) is 7.34. The minimum Gasteiger partial charge on any atom is -0.144 e. The molecule has 2 heterocycles. The van der Waals surface area contributed by atoms with Crippen molar-refractivity contribution >= 4 is 69.8 Å². The topological polar surface area (TPSA) is 0 Å². The van der Waals surface area contributed by atoms with Gasteiger partial charge in [-0.1, -0.05) is 51.1 Å². The summed E-state index contributed by atoms with van der Waals surface area (Å²) in [5.74, 6) is 7.05. The van der Waals surface area contributed by atoms with E-state index in [2.05, 4.69) is 97.9 Å². The molecule has 28 heavy (non-hydrogen) atoms. The van der Waals surface area contributed by atoms with Crippen LogP contribution in [0.5, 0.6) is 0 Å². The van der Waals surface area contributed by atoms with Crippen LogP contribution in [0, 0.1) is 22.9 Å². The smallest absolute Gasteiger partial charge is 0.129 e. The second-order valence-electron chi connectivity index (χ2n) is 9.31. The minimum absolute atomic E-state index is 1.14. The van der Waals surface area contributed by atoms with Crippen LogP contribution in [0.2, 0.25) is 39.3 Å². The van der Waals surface area contributed by atoms with E-state index in [4.69, 9.17) is 0 Å². The highest BCUT2D eigenvalue weighted by Gasteiger charge is 2.14. The van der Waals surface area contributed by atoms with Gasteiger partial charge in [-0.05, 0) is 51.9 Å². The molecule has 0 spiro atoms. The van der Waals surface area contributed by atoms with E-state index < -0.39 is 16.1 Å². The van der Waals surface area contributed by atoms with Gasteiger partial charge in [0.15, 0.2) is 0 Å². The van der Waals surface area contributed by atoms with Crippen LogP contribution in [-0.4, -0.2) is 16.1 Å². The average molecular weight is 433 g/mol. The largest absolute Gasteiger partial charge is 0.144 e. The molecule has 0 saturated heterocycles. The third kappa shape index (κ3) is 4.11. The molecule has 4 aromatic rings. The number of hydrogen-bond donors (Lipinski definition) is 0. The van der Waals surface area contributed by atoms with Crippen molar-refractivity contribution < 1.29 is 0 Å². The molecule has 0 bridgehead atoms. The van der Waals surface area contributed by atoms with Crippen LogP contribution in [0.4, 0.5) is 0 Å². The summed E-state index contributed by atoms with van der Waals surface area (Å²) < 4.78 is 2.64. The molecule has 0 amide bonds. The van der Waals surface area contributed by atoms with Crippen molar-refractivity contribution in [2.45, 2.75) is 39.3 Å². The highest BCUT2D eigenvalue weighted by atomic mass is 32.1. The molecule has 0 N–H and O–H groups in total. The minimum atomic E-state index is -1.46. The van der Waals surface area contributed by atoms with E-state index >= 15 is 0 Å². The van der Waals surface area contributed by atoms with E-state index in [0.717, 1.165) is 10.4 Å². The second kappa shape index (κ2) is 6.90. The Balaban J connectivity index is 2.01. The molecular weight excluding hydrogens is 409 g/mol. The summed E-state index contributed by atoms with van der Waals surface area (Å²) in [6.45, 7) is 13.8. The molecule has 0 unspecified atom stereocenters. The lowest BCUT2D eigenvalue weighted by Crippen LogP contribution is -2.16. The van der Waals surface area contributed by atoms with Gasteiger partial charge in [0, 0.05) is 14.8 Å². The van der Waals surface area contributed by atoms with Crippen molar-refractivity contribution in [2.24, 2.45) is 0 Å². The van der Waals surface area contributed by atoms with Crippen LogP contribution in [-0.2, 0) is 0 Å². The molecule has 0 aliphatic heterocycles. The van der Waals surface area contributed by atoms with Crippen LogP contribution >= 0.6 is 22.7 Å². The number of fused-ring (bicyclic) bond motifs is 3. The fourth-order valence-corrected chi connectivity index (χ4v) is 5.96. The maximum absolute atomic E-state index is 3.57. The zero-order valence-corrected chi connectivity index (χ0v) is 20.9. The first-order chi connectivity index (χ1) is 13.1. The second-order valence-corrected chi connectivity index (χ2v) is 20.8. The Bertz CT molecular complexity index is 1330. The summed E-state index contributed by atoms with van der Waals surface area (Å²) in [7, 11) is -2.89. The monoisotopic (exact) mass is 432 g/mol. The van der Waals surface area contributed by atoms with Gasteiger partial charge in [-0.25, -0.2) is 0 Å². The molecule has 0 aliphatic carbocycles. The fourth-order valence-electron chi connectivity index (χ4n) is 3.01. The van der Waals surface area contributed by atoms with E-state index in [9.17, 15) is 0 Å². The first-order valence-corrected chi connectivity index (χ1v) is 18.2. The maximum atomic E-state index is 3.57. The molecule has 4 rings (SSSR count). The van der Waals surface area contributed by atoms with Gasteiger partial charge in [0.1, 0.15) is 16.1 Å². The van der Waals surface area contributed by atoms with Crippen molar-refractivity contribution in [3.63, 3.8) is 0 Å². The molecule has 0 atom stereocenters. The number of thiophene rings is 2. The van der Waals surface area contributed by atoms with E-state index in [-0.39, 0.29) is 0 Å². The Kier molecular flexibility index (Phi) is 4.80. The van der Waals surface area contributed by atoms with Crippen LogP contribution in [0.3, 0.4) is 0 Å². The van der Waals surface area contributed by atoms with Crippen LogP contribution in [0.25, 0.3) is 30.9 Å². The van der Waals surface area contributed by atoms with Crippen molar-refractivity contribution in [1.82, 2.24) is 0 Å². The zero-order valence-electron chi connectivity index (χ0n) is 17.3. The van der Waals surface area contributed by atoms with Gasteiger partial charge < -0.3 is 0 Å². The van der Waals surface area contributed by atoms with Gasteiger partial charge in [0.05, 0.1) is 10.4 Å². The predicted molar refractivity (Wildman–Crippen MR) is 135 cm³/mol. The van der Waals surface area contributed by atoms with Gasteiger partial charge in [0.25, 0.3) is 0 Å². The van der Waals surface area contributed by atoms with E-state index in [0.29, 0.717) is 0 Å². The van der Waals surface area contributed by atoms with Gasteiger partial charge in [-0.15, -0.1) is 33.8 Å². The molecule has 0 aliphatic rings. The lowest BCUT2D eigenvalue weighted by atomic mass is 10.0. The molecule has 4 heteroatoms. The summed E-state index contributed by atoms with van der Waals surface area (Å²) in [6.07, 6.45) is 0. The van der Waals surface area contributed by atoms with E-state index in [1.54, 1.807) is 22.7 Å². The quantitative estimate of drug-likeness (QED) is 0.197. The molecular formula is C24H24S2Si2. The van der Waals surface area contributed by atoms with Gasteiger partial charge in [-0.2, -0.15) is 0 Å². The summed E-state index contributed by atoms with van der Waals surface area (Å²) in [6, 6.07) is 11.5. The molecule has 2 aromatic carbocycles. The first-order valence-electron chi connectivity index (χ1n) is 9.53. The van der Waals surface area contributed by atoms with E-state index in [1.807, 2.05) is 0 Å². The standard InChI is InChI=1S/C24H24S2Si2/c1-27(2,3)11-8-20-21-14-18-13-17-7-10-25-23(17)15-19(18)16-24(21)26-22(20)9-12-28(4,5)6/h7,10,13-16H,1-6H3. The SMILES string of the molecule is C[Si](C)(C)C#Cc1sc2cc3cc4sccc4cc3cc2c1C#C[Si](C)(C)C. The zero-order chi connectivity index (χ0) is 20.1. The van der Waals surface area contributed by atoms with Crippen LogP contribution in [0.15, 0.2) is 35.7 Å².